The first-order valence-corrected chi connectivity index (χ1v) is 5.76. The number of hydrogen-bond acceptors (Lipinski definition) is 3. The number of fused-ring (bicyclic) bond motifs is 1. The molecule has 0 atom stereocenters. The Kier molecular flexibility index (Phi) is 3.08. The lowest BCUT2D eigenvalue weighted by Crippen LogP contribution is -2.04. The van der Waals surface area contributed by atoms with Gasteiger partial charge in [0.1, 0.15) is 11.4 Å². The van der Waals surface area contributed by atoms with E-state index in [9.17, 15) is 4.79 Å². The molecule has 0 radical (unpaired) electrons. The summed E-state index contributed by atoms with van der Waals surface area (Å²) in [6.07, 6.45) is 3.75. The van der Waals surface area contributed by atoms with Crippen LogP contribution in [0.3, 0.4) is 0 Å². The maximum atomic E-state index is 11.1. The lowest BCUT2D eigenvalue weighted by molar-refractivity contribution is 0.0698. The predicted octanol–water partition coefficient (Wildman–Crippen LogP) is 2.33. The lowest BCUT2D eigenvalue weighted by atomic mass is 10.0. The van der Waals surface area contributed by atoms with Gasteiger partial charge in [0.05, 0.1) is 0 Å². The molecule has 0 spiro atoms. The third kappa shape index (κ3) is 1.88. The number of nitrogens with zero attached hydrogens (tertiary/aromatic N) is 3. The van der Waals surface area contributed by atoms with Crippen LogP contribution < -0.4 is 0 Å². The van der Waals surface area contributed by atoms with Crippen LogP contribution in [0.2, 0.25) is 0 Å². The molecule has 5 nitrogen and oxygen atoms in total. The minimum Gasteiger partial charge on any atom is -0.478 e. The predicted molar refractivity (Wildman–Crippen MR) is 63.3 cm³/mol. The Morgan fingerprint density at radius 2 is 2.12 bits per heavy atom. The number of aromatic carboxylic acids is 1. The third-order valence-electron chi connectivity index (χ3n) is 3.04. The van der Waals surface area contributed by atoms with Gasteiger partial charge in [0.25, 0.3) is 0 Å². The van der Waals surface area contributed by atoms with Crippen LogP contribution in [0.4, 0.5) is 0 Å². The minimum absolute atomic E-state index is 0.192. The highest BCUT2D eigenvalue weighted by Gasteiger charge is 2.18. The van der Waals surface area contributed by atoms with E-state index in [0.29, 0.717) is 11.6 Å². The Hall–Kier alpha value is -1.91. The first-order chi connectivity index (χ1) is 8.19. The third-order valence-corrected chi connectivity index (χ3v) is 3.04. The summed E-state index contributed by atoms with van der Waals surface area (Å²) < 4.78 is 1.78. The molecule has 90 valence electrons. The Morgan fingerprint density at radius 1 is 1.41 bits per heavy atom. The monoisotopic (exact) mass is 233 g/mol. The molecular weight excluding hydrogens is 218 g/mol. The van der Waals surface area contributed by atoms with Crippen LogP contribution in [-0.2, 0) is 0 Å². The van der Waals surface area contributed by atoms with Gasteiger partial charge in [0, 0.05) is 12.1 Å². The van der Waals surface area contributed by atoms with Gasteiger partial charge in [-0.2, -0.15) is 0 Å². The van der Waals surface area contributed by atoms with E-state index in [4.69, 9.17) is 5.11 Å². The second kappa shape index (κ2) is 4.53. The summed E-state index contributed by atoms with van der Waals surface area (Å²) in [7, 11) is 0. The fourth-order valence-corrected chi connectivity index (χ4v) is 2.03. The Bertz CT molecular complexity index is 544. The maximum Gasteiger partial charge on any atom is 0.339 e. The fraction of sp³-hybridized carbons (Fsp3) is 0.417. The van der Waals surface area contributed by atoms with Crippen molar-refractivity contribution < 1.29 is 9.90 Å². The van der Waals surface area contributed by atoms with Gasteiger partial charge in [-0.25, -0.2) is 4.79 Å². The van der Waals surface area contributed by atoms with E-state index in [0.717, 1.165) is 18.7 Å². The molecule has 5 heteroatoms. The summed E-state index contributed by atoms with van der Waals surface area (Å²) in [6, 6.07) is 3.26. The smallest absolute Gasteiger partial charge is 0.339 e. The summed E-state index contributed by atoms with van der Waals surface area (Å²) in [4.78, 5) is 11.1. The van der Waals surface area contributed by atoms with Gasteiger partial charge in [-0.15, -0.1) is 10.2 Å². The average Bonchev–Trinajstić information content (AvgIpc) is 2.74. The standard InChI is InChI=1S/C12H15N3O2/c1-3-8(4-2)10-13-14-11-9(12(16)17)6-5-7-15(10)11/h5-8H,3-4H2,1-2H3,(H,16,17). The van der Waals surface area contributed by atoms with Crippen molar-refractivity contribution in [1.82, 2.24) is 14.6 Å². The summed E-state index contributed by atoms with van der Waals surface area (Å²) in [5.41, 5.74) is 0.610. The number of rotatable bonds is 4. The number of carbonyl (C=O) groups is 1. The SMILES string of the molecule is CCC(CC)c1nnc2c(C(=O)O)cccn12. The van der Waals surface area contributed by atoms with Crippen molar-refractivity contribution in [1.29, 1.82) is 0 Å². The zero-order chi connectivity index (χ0) is 12.4. The molecule has 17 heavy (non-hydrogen) atoms. The van der Waals surface area contributed by atoms with Crippen LogP contribution >= 0.6 is 0 Å². The van der Waals surface area contributed by atoms with Crippen LogP contribution in [0.25, 0.3) is 5.65 Å². The molecule has 2 heterocycles. The van der Waals surface area contributed by atoms with Crippen molar-refractivity contribution in [2.45, 2.75) is 32.6 Å². The molecule has 0 unspecified atom stereocenters. The molecule has 0 aliphatic carbocycles. The van der Waals surface area contributed by atoms with Crippen molar-refractivity contribution in [3.8, 4) is 0 Å². The molecule has 2 aromatic heterocycles. The van der Waals surface area contributed by atoms with Crippen LogP contribution in [0.5, 0.6) is 0 Å². The van der Waals surface area contributed by atoms with E-state index >= 15 is 0 Å². The van der Waals surface area contributed by atoms with Gasteiger partial charge in [-0.3, -0.25) is 4.40 Å². The minimum atomic E-state index is -0.973. The number of carboxylic acids is 1. The van der Waals surface area contributed by atoms with Gasteiger partial charge in [0.2, 0.25) is 0 Å². The van der Waals surface area contributed by atoms with Crippen LogP contribution in [0.1, 0.15) is 48.8 Å². The largest absolute Gasteiger partial charge is 0.478 e. The number of aromatic nitrogens is 3. The molecule has 2 aromatic rings. The summed E-state index contributed by atoms with van der Waals surface area (Å²) in [6.45, 7) is 4.19. The molecular formula is C12H15N3O2. The molecule has 2 rings (SSSR count). The first kappa shape index (κ1) is 11.6. The maximum absolute atomic E-state index is 11.1. The van der Waals surface area contributed by atoms with Crippen molar-refractivity contribution >= 4 is 11.6 Å². The zero-order valence-corrected chi connectivity index (χ0v) is 9.92. The first-order valence-electron chi connectivity index (χ1n) is 5.76. The summed E-state index contributed by atoms with van der Waals surface area (Å²) in [5, 5.41) is 17.2. The second-order valence-electron chi connectivity index (χ2n) is 3.99. The molecule has 1 N–H and O–H groups in total. The quantitative estimate of drug-likeness (QED) is 0.880. The Balaban J connectivity index is 2.62. The lowest BCUT2D eigenvalue weighted by Gasteiger charge is -2.09. The summed E-state index contributed by atoms with van der Waals surface area (Å²) >= 11 is 0. The highest BCUT2D eigenvalue weighted by molar-refractivity contribution is 5.94. The van der Waals surface area contributed by atoms with E-state index in [-0.39, 0.29) is 5.56 Å². The average molecular weight is 233 g/mol. The Labute approximate surface area is 99.1 Å². The molecule has 0 aromatic carbocycles. The van der Waals surface area contributed by atoms with Gasteiger partial charge >= 0.3 is 5.97 Å². The normalized spacial score (nSPS) is 11.2. The molecule has 0 amide bonds. The van der Waals surface area contributed by atoms with Gasteiger partial charge in [-0.1, -0.05) is 13.8 Å². The van der Waals surface area contributed by atoms with E-state index in [1.54, 1.807) is 16.5 Å². The highest BCUT2D eigenvalue weighted by atomic mass is 16.4. The van der Waals surface area contributed by atoms with Gasteiger partial charge < -0.3 is 5.11 Å². The number of hydrogen-bond donors (Lipinski definition) is 1. The van der Waals surface area contributed by atoms with E-state index in [2.05, 4.69) is 24.0 Å². The molecule has 0 saturated carbocycles. The number of pyridine rings is 1. The van der Waals surface area contributed by atoms with Crippen molar-refractivity contribution in [2.75, 3.05) is 0 Å². The van der Waals surface area contributed by atoms with Crippen molar-refractivity contribution in [2.24, 2.45) is 0 Å². The molecule has 0 aliphatic heterocycles. The van der Waals surface area contributed by atoms with E-state index < -0.39 is 5.97 Å². The van der Waals surface area contributed by atoms with Crippen molar-refractivity contribution in [3.05, 3.63) is 29.7 Å². The Morgan fingerprint density at radius 3 is 2.71 bits per heavy atom. The van der Waals surface area contributed by atoms with Crippen LogP contribution in [0, 0.1) is 0 Å². The second-order valence-corrected chi connectivity index (χ2v) is 3.99. The van der Waals surface area contributed by atoms with E-state index in [1.807, 2.05) is 6.20 Å². The van der Waals surface area contributed by atoms with E-state index in [1.165, 1.54) is 0 Å². The van der Waals surface area contributed by atoms with Gasteiger partial charge in [-0.05, 0) is 25.0 Å². The van der Waals surface area contributed by atoms with Crippen LogP contribution in [0.15, 0.2) is 18.3 Å². The fourth-order valence-electron chi connectivity index (χ4n) is 2.03. The van der Waals surface area contributed by atoms with Gasteiger partial charge in [0.15, 0.2) is 5.65 Å². The highest BCUT2D eigenvalue weighted by Crippen LogP contribution is 2.22. The molecule has 0 saturated heterocycles. The van der Waals surface area contributed by atoms with Crippen LogP contribution in [-0.4, -0.2) is 25.7 Å². The molecule has 0 fully saturated rings. The molecule has 0 aliphatic rings. The van der Waals surface area contributed by atoms with Crippen molar-refractivity contribution in [3.63, 3.8) is 0 Å². The topological polar surface area (TPSA) is 67.5 Å². The number of carboxylic acid groups (broad SMARTS) is 1. The molecule has 0 bridgehead atoms. The zero-order valence-electron chi connectivity index (χ0n) is 9.92. The summed E-state index contributed by atoms with van der Waals surface area (Å²) in [5.74, 6) is 0.182.